The predicted octanol–water partition coefficient (Wildman–Crippen LogP) is 4.60. The summed E-state index contributed by atoms with van der Waals surface area (Å²) < 4.78 is 19.7. The minimum atomic E-state index is -0.590. The van der Waals surface area contributed by atoms with E-state index in [4.69, 9.17) is 4.74 Å². The van der Waals surface area contributed by atoms with Crippen molar-refractivity contribution in [2.24, 2.45) is 0 Å². The molecule has 2 aromatic heterocycles. The summed E-state index contributed by atoms with van der Waals surface area (Å²) in [5.74, 6) is -1.40. The van der Waals surface area contributed by atoms with Crippen molar-refractivity contribution in [3.63, 3.8) is 0 Å². The molecule has 2 aromatic carbocycles. The van der Waals surface area contributed by atoms with Gasteiger partial charge in [-0.1, -0.05) is 12.1 Å². The zero-order chi connectivity index (χ0) is 22.8. The first-order valence-corrected chi connectivity index (χ1v) is 9.63. The van der Waals surface area contributed by atoms with Crippen LogP contribution in [0.1, 0.15) is 37.5 Å². The number of carbonyl (C=O) groups is 2. The molecule has 0 amide bonds. The Kier molecular flexibility index (Phi) is 5.51. The van der Waals surface area contributed by atoms with Gasteiger partial charge in [-0.05, 0) is 60.0 Å². The summed E-state index contributed by atoms with van der Waals surface area (Å²) >= 11 is 0. The maximum Gasteiger partial charge on any atom is 0.340 e. The maximum atomic E-state index is 13.2. The quantitative estimate of drug-likeness (QED) is 0.192. The molecule has 0 radical (unpaired) electrons. The Morgan fingerprint density at radius 1 is 1.00 bits per heavy atom. The zero-order valence-corrected chi connectivity index (χ0v) is 16.9. The first kappa shape index (κ1) is 20.9. The number of hydrogen-bond acceptors (Lipinski definition) is 5. The van der Waals surface area contributed by atoms with Crippen molar-refractivity contribution in [3.05, 3.63) is 117 Å². The van der Waals surface area contributed by atoms with Gasteiger partial charge in [-0.2, -0.15) is 0 Å². The SMILES string of the molecule is COC(=O)c1cc(C(=O)c2ccc(F)cc2)n2ccc(Cc3ccc([N+](=O)[O-])cc3)cc12. The summed E-state index contributed by atoms with van der Waals surface area (Å²) in [5, 5.41) is 10.8. The monoisotopic (exact) mass is 432 g/mol. The largest absolute Gasteiger partial charge is 0.465 e. The molecule has 4 aromatic rings. The lowest BCUT2D eigenvalue weighted by atomic mass is 10.0. The average molecular weight is 432 g/mol. The number of non-ortho nitro benzene ring substituents is 1. The number of aromatic nitrogens is 1. The number of pyridine rings is 1. The zero-order valence-electron chi connectivity index (χ0n) is 16.9. The van der Waals surface area contributed by atoms with Crippen molar-refractivity contribution in [2.75, 3.05) is 7.11 Å². The number of rotatable bonds is 6. The van der Waals surface area contributed by atoms with E-state index >= 15 is 0 Å². The summed E-state index contributed by atoms with van der Waals surface area (Å²) in [6.07, 6.45) is 2.15. The van der Waals surface area contributed by atoms with E-state index < -0.39 is 16.7 Å². The Hall–Kier alpha value is -4.33. The van der Waals surface area contributed by atoms with Crippen LogP contribution in [0.2, 0.25) is 0 Å². The standard InChI is InChI=1S/C24H17FN2O5/c1-32-24(29)20-14-22(23(28)17-4-6-18(25)7-5-17)26-11-10-16(13-21(20)26)12-15-2-8-19(9-3-15)27(30)31/h2-11,13-14H,12H2,1H3. The van der Waals surface area contributed by atoms with E-state index in [1.807, 2.05) is 0 Å². The molecule has 0 atom stereocenters. The van der Waals surface area contributed by atoms with Crippen LogP contribution in [-0.4, -0.2) is 28.2 Å². The normalized spacial score (nSPS) is 10.8. The van der Waals surface area contributed by atoms with Crippen molar-refractivity contribution >= 4 is 23.0 Å². The minimum absolute atomic E-state index is 0.00715. The Morgan fingerprint density at radius 2 is 1.69 bits per heavy atom. The lowest BCUT2D eigenvalue weighted by molar-refractivity contribution is -0.384. The van der Waals surface area contributed by atoms with Gasteiger partial charge in [0.2, 0.25) is 5.78 Å². The highest BCUT2D eigenvalue weighted by molar-refractivity contribution is 6.11. The van der Waals surface area contributed by atoms with Crippen LogP contribution >= 0.6 is 0 Å². The van der Waals surface area contributed by atoms with Gasteiger partial charge in [-0.3, -0.25) is 14.9 Å². The molecule has 0 N–H and O–H groups in total. The number of nitro benzene ring substituents is 1. The van der Waals surface area contributed by atoms with E-state index in [1.165, 1.54) is 49.6 Å². The average Bonchev–Trinajstić information content (AvgIpc) is 3.18. The van der Waals surface area contributed by atoms with E-state index in [-0.39, 0.29) is 28.3 Å². The number of nitrogens with zero attached hydrogens (tertiary/aromatic N) is 2. The molecule has 32 heavy (non-hydrogen) atoms. The lowest BCUT2D eigenvalue weighted by Gasteiger charge is -2.07. The van der Waals surface area contributed by atoms with Gasteiger partial charge in [0.15, 0.2) is 0 Å². The van der Waals surface area contributed by atoms with Crippen molar-refractivity contribution in [2.45, 2.75) is 6.42 Å². The molecule has 0 saturated heterocycles. The molecule has 0 bridgehead atoms. The van der Waals surface area contributed by atoms with E-state index in [0.29, 0.717) is 11.9 Å². The van der Waals surface area contributed by atoms with Crippen LogP contribution in [0.4, 0.5) is 10.1 Å². The molecule has 0 unspecified atom stereocenters. The number of nitro groups is 1. The Morgan fingerprint density at radius 3 is 2.31 bits per heavy atom. The maximum absolute atomic E-state index is 13.2. The van der Waals surface area contributed by atoms with Crippen LogP contribution in [0.5, 0.6) is 0 Å². The van der Waals surface area contributed by atoms with Crippen LogP contribution in [0.3, 0.4) is 0 Å². The molecule has 0 saturated carbocycles. The topological polar surface area (TPSA) is 90.9 Å². The molecule has 0 aliphatic heterocycles. The van der Waals surface area contributed by atoms with Crippen LogP contribution in [0.25, 0.3) is 5.52 Å². The highest BCUT2D eigenvalue weighted by Gasteiger charge is 2.21. The molecular formula is C24H17FN2O5. The van der Waals surface area contributed by atoms with Crippen LogP contribution < -0.4 is 0 Å². The molecule has 160 valence electrons. The number of esters is 1. The summed E-state index contributed by atoms with van der Waals surface area (Å²) in [7, 11) is 1.26. The van der Waals surface area contributed by atoms with Gasteiger partial charge in [0, 0.05) is 23.9 Å². The number of ketones is 1. The van der Waals surface area contributed by atoms with Gasteiger partial charge in [0.05, 0.1) is 28.8 Å². The number of hydrogen-bond donors (Lipinski definition) is 0. The van der Waals surface area contributed by atoms with Crippen LogP contribution in [0.15, 0.2) is 72.9 Å². The van der Waals surface area contributed by atoms with Gasteiger partial charge >= 0.3 is 5.97 Å². The van der Waals surface area contributed by atoms with E-state index in [0.717, 1.165) is 11.1 Å². The lowest BCUT2D eigenvalue weighted by Crippen LogP contribution is -2.05. The van der Waals surface area contributed by atoms with Crippen molar-refractivity contribution < 1.29 is 23.6 Å². The van der Waals surface area contributed by atoms with Gasteiger partial charge in [0.1, 0.15) is 5.82 Å². The number of carbonyl (C=O) groups excluding carboxylic acids is 2. The molecule has 0 aliphatic rings. The second-order valence-corrected chi connectivity index (χ2v) is 7.16. The first-order chi connectivity index (χ1) is 15.4. The highest BCUT2D eigenvalue weighted by Crippen LogP contribution is 2.24. The smallest absolute Gasteiger partial charge is 0.340 e. The number of fused-ring (bicyclic) bond motifs is 1. The van der Waals surface area contributed by atoms with E-state index in [9.17, 15) is 24.1 Å². The predicted molar refractivity (Wildman–Crippen MR) is 114 cm³/mol. The number of benzene rings is 2. The molecule has 7 nitrogen and oxygen atoms in total. The third-order valence-electron chi connectivity index (χ3n) is 5.14. The van der Waals surface area contributed by atoms with Crippen molar-refractivity contribution in [3.8, 4) is 0 Å². The summed E-state index contributed by atoms with van der Waals surface area (Å²) in [6, 6.07) is 16.4. The van der Waals surface area contributed by atoms with E-state index in [2.05, 4.69) is 0 Å². The first-order valence-electron chi connectivity index (χ1n) is 9.63. The molecule has 4 rings (SSSR count). The molecule has 0 fully saturated rings. The fourth-order valence-corrected chi connectivity index (χ4v) is 3.52. The van der Waals surface area contributed by atoms with Gasteiger partial charge in [-0.25, -0.2) is 9.18 Å². The third kappa shape index (κ3) is 3.98. The summed E-state index contributed by atoms with van der Waals surface area (Å²) in [5.41, 5.74) is 2.95. The van der Waals surface area contributed by atoms with Gasteiger partial charge in [-0.15, -0.1) is 0 Å². The Balaban J connectivity index is 1.74. The summed E-state index contributed by atoms with van der Waals surface area (Å²) in [6.45, 7) is 0. The van der Waals surface area contributed by atoms with Gasteiger partial charge < -0.3 is 9.14 Å². The third-order valence-corrected chi connectivity index (χ3v) is 5.14. The summed E-state index contributed by atoms with van der Waals surface area (Å²) in [4.78, 5) is 35.7. The van der Waals surface area contributed by atoms with Crippen LogP contribution in [-0.2, 0) is 11.2 Å². The van der Waals surface area contributed by atoms with E-state index in [1.54, 1.807) is 34.9 Å². The second kappa shape index (κ2) is 8.43. The Bertz CT molecular complexity index is 1340. The number of methoxy groups -OCH3 is 1. The molecule has 0 spiro atoms. The molecule has 2 heterocycles. The molecule has 0 aliphatic carbocycles. The Labute approximate surface area is 181 Å². The number of halogens is 1. The second-order valence-electron chi connectivity index (χ2n) is 7.16. The van der Waals surface area contributed by atoms with Crippen LogP contribution in [0, 0.1) is 15.9 Å². The fraction of sp³-hybridized carbons (Fsp3) is 0.0833. The minimum Gasteiger partial charge on any atom is -0.465 e. The van der Waals surface area contributed by atoms with Gasteiger partial charge in [0.25, 0.3) is 5.69 Å². The molecular weight excluding hydrogens is 415 g/mol. The fourth-order valence-electron chi connectivity index (χ4n) is 3.52. The molecule has 8 heteroatoms. The number of ether oxygens (including phenoxy) is 1. The van der Waals surface area contributed by atoms with Crippen molar-refractivity contribution in [1.29, 1.82) is 0 Å². The highest BCUT2D eigenvalue weighted by atomic mass is 19.1. The van der Waals surface area contributed by atoms with Crippen molar-refractivity contribution in [1.82, 2.24) is 4.40 Å².